The summed E-state index contributed by atoms with van der Waals surface area (Å²) < 4.78 is 1.63. The van der Waals surface area contributed by atoms with Crippen LogP contribution in [0, 0.1) is 6.92 Å². The van der Waals surface area contributed by atoms with Crippen molar-refractivity contribution in [3.05, 3.63) is 54.2 Å². The van der Waals surface area contributed by atoms with Gasteiger partial charge in [0.1, 0.15) is 0 Å². The first-order valence-electron chi connectivity index (χ1n) is 12.4. The molecular weight excluding hydrogens is 486 g/mol. The minimum atomic E-state index is -0.563. The first-order valence-corrected chi connectivity index (χ1v) is 12.4. The summed E-state index contributed by atoms with van der Waals surface area (Å²) in [6.07, 6.45) is 7.02. The topological polar surface area (TPSA) is 164 Å². The summed E-state index contributed by atoms with van der Waals surface area (Å²) in [5.74, 6) is 4.85. The summed E-state index contributed by atoms with van der Waals surface area (Å²) >= 11 is 0. The molecule has 3 aromatic heterocycles. The standard InChI is InChI=1S/C26H33N9O3/c1-17-22(13-19(15-28-17)30-23(37)16-34-9-4-8-26(34,2)3)31-25(38)24(32-27)21-6-5-18(14-29-21)20-7-10-35(33-20)11-12-36/h5-7,10,13-15,36H,4,8-9,11-12,16,27H2,1-3H3,(H,30,37)(H,31,38). The van der Waals surface area contributed by atoms with E-state index in [4.69, 9.17) is 10.9 Å². The van der Waals surface area contributed by atoms with Crippen LogP contribution in [-0.4, -0.2) is 72.5 Å². The van der Waals surface area contributed by atoms with Crippen molar-refractivity contribution >= 4 is 28.9 Å². The molecule has 0 radical (unpaired) electrons. The number of aliphatic hydroxyl groups is 1. The van der Waals surface area contributed by atoms with Crippen LogP contribution in [0.2, 0.25) is 0 Å². The lowest BCUT2D eigenvalue weighted by molar-refractivity contribution is -0.118. The number of anilines is 2. The Labute approximate surface area is 221 Å². The monoisotopic (exact) mass is 519 g/mol. The Morgan fingerprint density at radius 2 is 2.00 bits per heavy atom. The molecule has 0 unspecified atom stereocenters. The highest BCUT2D eigenvalue weighted by Crippen LogP contribution is 2.28. The first kappa shape index (κ1) is 26.9. The van der Waals surface area contributed by atoms with Crippen molar-refractivity contribution in [2.24, 2.45) is 10.9 Å². The van der Waals surface area contributed by atoms with Crippen LogP contribution in [-0.2, 0) is 16.1 Å². The number of amides is 2. The van der Waals surface area contributed by atoms with E-state index in [1.807, 2.05) is 6.07 Å². The molecule has 0 aliphatic carbocycles. The van der Waals surface area contributed by atoms with Crippen LogP contribution < -0.4 is 16.5 Å². The Morgan fingerprint density at radius 1 is 1.18 bits per heavy atom. The zero-order chi connectivity index (χ0) is 27.3. The van der Waals surface area contributed by atoms with Crippen molar-refractivity contribution in [2.75, 3.05) is 30.3 Å². The SMILES string of the molecule is Cc1ncc(NC(=O)CN2CCCC2(C)C)cc1NC(=O)C(=NN)c1ccc(-c2ccn(CCO)n2)cn1. The predicted molar refractivity (Wildman–Crippen MR) is 144 cm³/mol. The molecule has 38 heavy (non-hydrogen) atoms. The maximum Gasteiger partial charge on any atom is 0.278 e. The van der Waals surface area contributed by atoms with Gasteiger partial charge in [0.25, 0.3) is 5.91 Å². The molecule has 1 aliphatic heterocycles. The van der Waals surface area contributed by atoms with Gasteiger partial charge in [0.05, 0.1) is 54.3 Å². The van der Waals surface area contributed by atoms with E-state index in [0.29, 0.717) is 29.3 Å². The van der Waals surface area contributed by atoms with Crippen molar-refractivity contribution < 1.29 is 14.7 Å². The average molecular weight is 520 g/mol. The van der Waals surface area contributed by atoms with E-state index in [9.17, 15) is 9.59 Å². The number of hydrazone groups is 1. The van der Waals surface area contributed by atoms with Crippen LogP contribution in [0.4, 0.5) is 11.4 Å². The van der Waals surface area contributed by atoms with Gasteiger partial charge < -0.3 is 21.6 Å². The van der Waals surface area contributed by atoms with Gasteiger partial charge in [-0.3, -0.25) is 29.1 Å². The van der Waals surface area contributed by atoms with Crippen molar-refractivity contribution in [2.45, 2.75) is 45.7 Å². The van der Waals surface area contributed by atoms with Crippen LogP contribution in [0.25, 0.3) is 11.3 Å². The summed E-state index contributed by atoms with van der Waals surface area (Å²) in [4.78, 5) is 36.5. The van der Waals surface area contributed by atoms with E-state index in [-0.39, 0.29) is 36.0 Å². The number of aryl methyl sites for hydroxylation is 1. The Hall–Kier alpha value is -4.16. The van der Waals surface area contributed by atoms with Crippen LogP contribution >= 0.6 is 0 Å². The number of hydrogen-bond donors (Lipinski definition) is 4. The number of likely N-dealkylation sites (tertiary alicyclic amines) is 1. The van der Waals surface area contributed by atoms with E-state index in [1.165, 1.54) is 0 Å². The van der Waals surface area contributed by atoms with E-state index < -0.39 is 5.91 Å². The maximum absolute atomic E-state index is 13.0. The minimum Gasteiger partial charge on any atom is -0.394 e. The summed E-state index contributed by atoms with van der Waals surface area (Å²) in [7, 11) is 0. The lowest BCUT2D eigenvalue weighted by Gasteiger charge is -2.30. The number of nitrogens with two attached hydrogens (primary N) is 1. The van der Waals surface area contributed by atoms with Crippen LogP contribution in [0.15, 0.2) is 48.0 Å². The molecule has 1 fully saturated rings. The number of nitrogens with one attached hydrogen (secondary N) is 2. The number of carbonyl (C=O) groups excluding carboxylic acids is 2. The lowest BCUT2D eigenvalue weighted by atomic mass is 10.0. The van der Waals surface area contributed by atoms with Crippen molar-refractivity contribution in [1.29, 1.82) is 0 Å². The highest BCUT2D eigenvalue weighted by Gasteiger charge is 2.32. The van der Waals surface area contributed by atoms with Crippen molar-refractivity contribution in [3.63, 3.8) is 0 Å². The predicted octanol–water partition coefficient (Wildman–Crippen LogP) is 1.76. The molecular formula is C26H33N9O3. The largest absolute Gasteiger partial charge is 0.394 e. The normalized spacial score (nSPS) is 15.4. The fraction of sp³-hybridized carbons (Fsp3) is 0.385. The maximum atomic E-state index is 13.0. The van der Waals surface area contributed by atoms with Crippen molar-refractivity contribution in [1.82, 2.24) is 24.6 Å². The summed E-state index contributed by atoms with van der Waals surface area (Å²) in [5, 5.41) is 22.7. The van der Waals surface area contributed by atoms with E-state index >= 15 is 0 Å². The number of hydrogen-bond acceptors (Lipinski definition) is 9. The molecule has 0 bridgehead atoms. The van der Waals surface area contributed by atoms with E-state index in [2.05, 4.69) is 49.5 Å². The van der Waals surface area contributed by atoms with Crippen LogP contribution in [0.3, 0.4) is 0 Å². The summed E-state index contributed by atoms with van der Waals surface area (Å²) in [5.41, 5.74) is 3.09. The highest BCUT2D eigenvalue weighted by atomic mass is 16.3. The Morgan fingerprint density at radius 3 is 2.66 bits per heavy atom. The van der Waals surface area contributed by atoms with Crippen LogP contribution in [0.5, 0.6) is 0 Å². The van der Waals surface area contributed by atoms with Crippen molar-refractivity contribution in [3.8, 4) is 11.3 Å². The number of carbonyl (C=O) groups is 2. The smallest absolute Gasteiger partial charge is 0.278 e. The zero-order valence-electron chi connectivity index (χ0n) is 21.8. The molecule has 4 heterocycles. The number of pyridine rings is 2. The number of nitrogens with zero attached hydrogens (tertiary/aromatic N) is 6. The van der Waals surface area contributed by atoms with Crippen LogP contribution in [0.1, 0.15) is 38.1 Å². The summed E-state index contributed by atoms with van der Waals surface area (Å²) in [6, 6.07) is 6.86. The molecule has 1 aliphatic rings. The van der Waals surface area contributed by atoms with E-state index in [1.54, 1.807) is 48.4 Å². The van der Waals surface area contributed by atoms with Gasteiger partial charge in [-0.05, 0) is 64.4 Å². The molecule has 3 aromatic rings. The number of rotatable bonds is 9. The second-order valence-corrected chi connectivity index (χ2v) is 9.79. The molecule has 12 heteroatoms. The minimum absolute atomic E-state index is 0.00624. The van der Waals surface area contributed by atoms with Gasteiger partial charge in [0, 0.05) is 23.5 Å². The molecule has 5 N–H and O–H groups in total. The van der Waals surface area contributed by atoms with Gasteiger partial charge in [-0.25, -0.2) is 0 Å². The number of aromatic nitrogens is 4. The van der Waals surface area contributed by atoms with Gasteiger partial charge >= 0.3 is 0 Å². The van der Waals surface area contributed by atoms with Gasteiger partial charge in [-0.2, -0.15) is 10.2 Å². The molecule has 0 atom stereocenters. The molecule has 4 rings (SSSR count). The third-order valence-corrected chi connectivity index (χ3v) is 6.64. The molecule has 0 saturated carbocycles. The molecule has 0 aromatic carbocycles. The lowest BCUT2D eigenvalue weighted by Crippen LogP contribution is -2.42. The molecule has 12 nitrogen and oxygen atoms in total. The van der Waals surface area contributed by atoms with Gasteiger partial charge in [-0.1, -0.05) is 0 Å². The molecule has 2 amide bonds. The van der Waals surface area contributed by atoms with Gasteiger partial charge in [-0.15, -0.1) is 0 Å². The third-order valence-electron chi connectivity index (χ3n) is 6.64. The second kappa shape index (κ2) is 11.5. The van der Waals surface area contributed by atoms with Gasteiger partial charge in [0.2, 0.25) is 5.91 Å². The quantitative estimate of drug-likeness (QED) is 0.189. The Balaban J connectivity index is 1.42. The van der Waals surface area contributed by atoms with Gasteiger partial charge in [0.15, 0.2) is 5.71 Å². The summed E-state index contributed by atoms with van der Waals surface area (Å²) in [6.45, 7) is 7.58. The molecule has 0 spiro atoms. The first-order chi connectivity index (χ1) is 18.2. The zero-order valence-corrected chi connectivity index (χ0v) is 21.8. The second-order valence-electron chi connectivity index (χ2n) is 9.79. The fourth-order valence-corrected chi connectivity index (χ4v) is 4.41. The third kappa shape index (κ3) is 6.21. The molecule has 1 saturated heterocycles. The highest BCUT2D eigenvalue weighted by molar-refractivity contribution is 6.48. The Bertz CT molecular complexity index is 1330. The Kier molecular flexibility index (Phi) is 8.13. The van der Waals surface area contributed by atoms with E-state index in [0.717, 1.165) is 24.9 Å². The fourth-order valence-electron chi connectivity index (χ4n) is 4.41. The number of aliphatic hydroxyl groups excluding tert-OH is 1. The molecule has 200 valence electrons. The average Bonchev–Trinajstić information content (AvgIpc) is 3.48.